The van der Waals surface area contributed by atoms with Gasteiger partial charge < -0.3 is 14.2 Å². The van der Waals surface area contributed by atoms with Crippen LogP contribution in [0.5, 0.6) is 0 Å². The van der Waals surface area contributed by atoms with Gasteiger partial charge in [-0.2, -0.15) is 0 Å². The van der Waals surface area contributed by atoms with Crippen molar-refractivity contribution >= 4 is 27.5 Å². The van der Waals surface area contributed by atoms with Crippen LogP contribution in [0.15, 0.2) is 70.8 Å². The Labute approximate surface area is 173 Å². The average molecular weight is 409 g/mol. The average Bonchev–Trinajstić information content (AvgIpc) is 2.87. The monoisotopic (exact) mass is 409 g/mol. The Morgan fingerprint density at radius 3 is 1.77 bits per heavy atom. The van der Waals surface area contributed by atoms with Crippen molar-refractivity contribution in [3.05, 3.63) is 81.9 Å². The van der Waals surface area contributed by atoms with Gasteiger partial charge in [-0.15, -0.1) is 0 Å². The molecule has 0 atom stereocenters. The first-order chi connectivity index (χ1) is 14.6. The van der Waals surface area contributed by atoms with Gasteiger partial charge in [0.05, 0.1) is 33.0 Å². The van der Waals surface area contributed by atoms with E-state index in [1.165, 1.54) is 4.57 Å². The predicted molar refractivity (Wildman–Crippen MR) is 115 cm³/mol. The Kier molecular flexibility index (Phi) is 7.48. The van der Waals surface area contributed by atoms with Crippen molar-refractivity contribution < 1.29 is 19.0 Å². The number of carbonyl (C=O) groups is 1. The van der Waals surface area contributed by atoms with Crippen LogP contribution in [0, 0.1) is 0 Å². The maximum atomic E-state index is 13.0. The molecule has 156 valence electrons. The van der Waals surface area contributed by atoms with E-state index in [9.17, 15) is 14.4 Å². The fraction of sp³-hybridized carbons (Fsp3) is 0.261. The molecule has 2 aromatic carbocycles. The van der Waals surface area contributed by atoms with Crippen molar-refractivity contribution in [2.24, 2.45) is 0 Å². The van der Waals surface area contributed by atoms with Gasteiger partial charge >= 0.3 is 5.97 Å². The first kappa shape index (κ1) is 21.4. The molecule has 0 unspecified atom stereocenters. The number of carbonyl (C=O) groups excluding carboxylic acids is 1. The number of esters is 1. The summed E-state index contributed by atoms with van der Waals surface area (Å²) in [6, 6.07) is 14.4. The Morgan fingerprint density at radius 2 is 1.23 bits per heavy atom. The molecule has 7 nitrogen and oxygen atoms in total. The van der Waals surface area contributed by atoms with Gasteiger partial charge in [0.25, 0.3) is 11.1 Å². The van der Waals surface area contributed by atoms with Gasteiger partial charge in [0.15, 0.2) is 0 Å². The smallest absolute Gasteiger partial charge is 0.330 e. The lowest BCUT2D eigenvalue weighted by Crippen LogP contribution is -2.32. The van der Waals surface area contributed by atoms with Gasteiger partial charge in [-0.3, -0.25) is 14.2 Å². The van der Waals surface area contributed by atoms with Gasteiger partial charge in [-0.25, -0.2) is 4.79 Å². The van der Waals surface area contributed by atoms with E-state index in [0.29, 0.717) is 24.0 Å². The zero-order valence-electron chi connectivity index (χ0n) is 16.5. The topological polar surface area (TPSA) is 83.8 Å². The van der Waals surface area contributed by atoms with Crippen LogP contribution in [0.1, 0.15) is 0 Å². The van der Waals surface area contributed by atoms with E-state index < -0.39 is 5.97 Å². The number of rotatable bonds is 10. The van der Waals surface area contributed by atoms with Crippen LogP contribution in [-0.2, 0) is 25.5 Å². The zero-order valence-corrected chi connectivity index (χ0v) is 16.5. The second-order valence-electron chi connectivity index (χ2n) is 6.45. The fourth-order valence-electron chi connectivity index (χ4n) is 3.13. The highest BCUT2D eigenvalue weighted by Crippen LogP contribution is 2.19. The highest BCUT2D eigenvalue weighted by molar-refractivity contribution is 6.05. The van der Waals surface area contributed by atoms with Gasteiger partial charge in [-0.05, 0) is 22.9 Å². The molecule has 0 aliphatic carbocycles. The highest BCUT2D eigenvalue weighted by atomic mass is 16.6. The van der Waals surface area contributed by atoms with E-state index in [1.54, 1.807) is 24.3 Å². The third-order valence-corrected chi connectivity index (χ3v) is 4.57. The minimum Gasteiger partial charge on any atom is -0.460 e. The van der Waals surface area contributed by atoms with E-state index in [-0.39, 0.29) is 37.5 Å². The molecule has 0 radical (unpaired) electrons. The molecule has 30 heavy (non-hydrogen) atoms. The molecule has 0 saturated heterocycles. The summed E-state index contributed by atoms with van der Waals surface area (Å²) in [4.78, 5) is 36.9. The van der Waals surface area contributed by atoms with Crippen molar-refractivity contribution in [2.75, 3.05) is 33.0 Å². The second-order valence-corrected chi connectivity index (χ2v) is 6.45. The maximum Gasteiger partial charge on any atom is 0.330 e. The molecule has 0 N–H and O–H groups in total. The molecule has 7 heteroatoms. The standard InChI is InChI=1S/C23H23NO6/c1-2-21(25)30-16-15-29-14-13-28-12-11-24-22(26)19-9-5-3-7-17(19)18-8-4-6-10-20(18)23(24)27/h2-10H,1,11-16H2. The summed E-state index contributed by atoms with van der Waals surface area (Å²) < 4.78 is 16.8. The quantitative estimate of drug-likeness (QED) is 0.290. The Balaban J connectivity index is 1.65. The maximum absolute atomic E-state index is 13.0. The summed E-state index contributed by atoms with van der Waals surface area (Å²) in [7, 11) is 0. The summed E-state index contributed by atoms with van der Waals surface area (Å²) in [5.41, 5.74) is -0.675. The number of fused-ring (bicyclic) bond motifs is 3. The first-order valence-corrected chi connectivity index (χ1v) is 9.62. The molecule has 1 heterocycles. The SMILES string of the molecule is C=CC(=O)OCCOCCOCCn1c(=O)c2ccccc2c2ccccc2c1=O. The van der Waals surface area contributed by atoms with Crippen LogP contribution in [-0.4, -0.2) is 43.6 Å². The van der Waals surface area contributed by atoms with E-state index in [2.05, 4.69) is 6.58 Å². The lowest BCUT2D eigenvalue weighted by Gasteiger charge is -2.07. The lowest BCUT2D eigenvalue weighted by atomic mass is 10.1. The van der Waals surface area contributed by atoms with Crippen molar-refractivity contribution in [1.82, 2.24) is 4.57 Å². The third-order valence-electron chi connectivity index (χ3n) is 4.57. The van der Waals surface area contributed by atoms with Gasteiger partial charge in [0, 0.05) is 16.8 Å². The van der Waals surface area contributed by atoms with E-state index in [0.717, 1.165) is 16.8 Å². The predicted octanol–water partition coefficient (Wildman–Crippen LogP) is 2.28. The number of aromatic nitrogens is 1. The van der Waals surface area contributed by atoms with Crippen molar-refractivity contribution in [1.29, 1.82) is 0 Å². The normalized spacial score (nSPS) is 10.9. The molecule has 0 aliphatic heterocycles. The van der Waals surface area contributed by atoms with Crippen LogP contribution in [0.4, 0.5) is 0 Å². The fourth-order valence-corrected chi connectivity index (χ4v) is 3.13. The molecule has 3 rings (SSSR count). The van der Waals surface area contributed by atoms with Crippen molar-refractivity contribution in [2.45, 2.75) is 6.54 Å². The van der Waals surface area contributed by atoms with Crippen LogP contribution in [0.3, 0.4) is 0 Å². The Morgan fingerprint density at radius 1 is 0.767 bits per heavy atom. The minimum atomic E-state index is -0.496. The summed E-state index contributed by atoms with van der Waals surface area (Å²) in [5, 5.41) is 2.49. The van der Waals surface area contributed by atoms with Crippen LogP contribution in [0.2, 0.25) is 0 Å². The Hall–Kier alpha value is -3.29. The van der Waals surface area contributed by atoms with Gasteiger partial charge in [0.2, 0.25) is 0 Å². The summed E-state index contributed by atoms with van der Waals surface area (Å²) >= 11 is 0. The minimum absolute atomic E-state index is 0.136. The molecule has 0 saturated carbocycles. The molecule has 0 spiro atoms. The number of hydrogen-bond acceptors (Lipinski definition) is 6. The summed E-state index contributed by atoms with van der Waals surface area (Å²) in [5.74, 6) is -0.496. The summed E-state index contributed by atoms with van der Waals surface area (Å²) in [6.45, 7) is 4.61. The Bertz CT molecular complexity index is 1100. The molecular formula is C23H23NO6. The lowest BCUT2D eigenvalue weighted by molar-refractivity contribution is -0.139. The largest absolute Gasteiger partial charge is 0.460 e. The number of benzene rings is 2. The molecule has 3 aromatic rings. The van der Waals surface area contributed by atoms with E-state index in [4.69, 9.17) is 14.2 Å². The molecule has 0 bridgehead atoms. The number of ether oxygens (including phenoxy) is 3. The van der Waals surface area contributed by atoms with Crippen LogP contribution < -0.4 is 11.1 Å². The number of hydrogen-bond donors (Lipinski definition) is 0. The molecular weight excluding hydrogens is 386 g/mol. The van der Waals surface area contributed by atoms with Crippen molar-refractivity contribution in [3.63, 3.8) is 0 Å². The highest BCUT2D eigenvalue weighted by Gasteiger charge is 2.10. The van der Waals surface area contributed by atoms with E-state index in [1.807, 2.05) is 24.3 Å². The first-order valence-electron chi connectivity index (χ1n) is 9.62. The summed E-state index contributed by atoms with van der Waals surface area (Å²) in [6.07, 6.45) is 1.09. The zero-order chi connectivity index (χ0) is 21.3. The van der Waals surface area contributed by atoms with Gasteiger partial charge in [0.1, 0.15) is 6.61 Å². The molecule has 0 amide bonds. The van der Waals surface area contributed by atoms with Crippen LogP contribution in [0.25, 0.3) is 21.5 Å². The second kappa shape index (κ2) is 10.5. The molecule has 0 fully saturated rings. The third kappa shape index (κ3) is 5.00. The van der Waals surface area contributed by atoms with E-state index >= 15 is 0 Å². The number of nitrogens with zero attached hydrogens (tertiary/aromatic N) is 1. The van der Waals surface area contributed by atoms with Gasteiger partial charge in [-0.1, -0.05) is 43.0 Å². The molecule has 1 aromatic heterocycles. The van der Waals surface area contributed by atoms with Crippen LogP contribution >= 0.6 is 0 Å². The van der Waals surface area contributed by atoms with Crippen molar-refractivity contribution in [3.8, 4) is 0 Å². The molecule has 0 aliphatic rings.